The summed E-state index contributed by atoms with van der Waals surface area (Å²) in [5.74, 6) is 0.452. The molecule has 0 bridgehead atoms. The molecule has 1 aliphatic rings. The quantitative estimate of drug-likeness (QED) is 0.262. The molecule has 5 rings (SSSR count). The first kappa shape index (κ1) is 28.4. The minimum atomic E-state index is -3.68. The van der Waals surface area contributed by atoms with Gasteiger partial charge in [0.05, 0.1) is 16.6 Å². The average Bonchev–Trinajstić information content (AvgIpc) is 3.03. The second-order valence-corrected chi connectivity index (χ2v) is 11.8. The van der Waals surface area contributed by atoms with Crippen molar-refractivity contribution >= 4 is 21.6 Å². The number of anilines is 1. The van der Waals surface area contributed by atoms with E-state index in [1.165, 1.54) is 15.4 Å². The third kappa shape index (κ3) is 6.61. The molecule has 0 atom stereocenters. The summed E-state index contributed by atoms with van der Waals surface area (Å²) >= 11 is 0. The molecule has 4 aromatic carbocycles. The van der Waals surface area contributed by atoms with E-state index in [-0.39, 0.29) is 30.0 Å². The highest BCUT2D eigenvalue weighted by Gasteiger charge is 2.28. The fourth-order valence-corrected chi connectivity index (χ4v) is 6.76. The highest BCUT2D eigenvalue weighted by atomic mass is 32.2. The van der Waals surface area contributed by atoms with Gasteiger partial charge >= 0.3 is 0 Å². The highest BCUT2D eigenvalue weighted by Crippen LogP contribution is 2.30. The first-order valence-electron chi connectivity index (χ1n) is 13.9. The molecule has 41 heavy (non-hydrogen) atoms. The van der Waals surface area contributed by atoms with E-state index in [2.05, 4.69) is 53.4 Å². The molecule has 7 nitrogen and oxygen atoms in total. The predicted molar refractivity (Wildman–Crippen MR) is 161 cm³/mol. The number of carbonyl (C=O) groups excluding carboxylic acids is 1. The van der Waals surface area contributed by atoms with Gasteiger partial charge < -0.3 is 9.64 Å². The molecule has 1 heterocycles. The van der Waals surface area contributed by atoms with Crippen LogP contribution in [0, 0.1) is 0 Å². The van der Waals surface area contributed by atoms with E-state index >= 15 is 0 Å². The molecular formula is C33H35N3O4S. The number of sulfonamides is 1. The molecule has 1 aliphatic heterocycles. The smallest absolute Gasteiger partial charge is 0.264 e. The molecule has 1 fully saturated rings. The SMILES string of the molecule is CCN(c1ccc(OCC(=O)N2CCN(C(c3ccccc3)c3ccccc3)CC2)cc1)S(=O)(=O)c1ccccc1. The normalized spacial score (nSPS) is 14.1. The number of rotatable bonds is 10. The minimum absolute atomic E-state index is 0.0634. The number of hydrogen-bond donors (Lipinski definition) is 0. The van der Waals surface area contributed by atoms with Crippen molar-refractivity contribution in [3.05, 3.63) is 126 Å². The van der Waals surface area contributed by atoms with Crippen LogP contribution in [0.5, 0.6) is 5.75 Å². The van der Waals surface area contributed by atoms with Gasteiger partial charge in [0.15, 0.2) is 6.61 Å². The van der Waals surface area contributed by atoms with Crippen LogP contribution < -0.4 is 9.04 Å². The van der Waals surface area contributed by atoms with Gasteiger partial charge in [-0.1, -0.05) is 78.9 Å². The molecule has 0 N–H and O–H groups in total. The Kier molecular flexibility index (Phi) is 9.01. The Morgan fingerprint density at radius 2 is 1.27 bits per heavy atom. The lowest BCUT2D eigenvalue weighted by atomic mass is 9.96. The lowest BCUT2D eigenvalue weighted by molar-refractivity contribution is -0.135. The molecule has 0 radical (unpaired) electrons. The van der Waals surface area contributed by atoms with Crippen LogP contribution >= 0.6 is 0 Å². The molecule has 212 valence electrons. The topological polar surface area (TPSA) is 70.2 Å². The molecule has 0 spiro atoms. The van der Waals surface area contributed by atoms with Crippen LogP contribution in [0.4, 0.5) is 5.69 Å². The number of amides is 1. The maximum Gasteiger partial charge on any atom is 0.264 e. The summed E-state index contributed by atoms with van der Waals surface area (Å²) in [7, 11) is -3.68. The van der Waals surface area contributed by atoms with Gasteiger partial charge in [-0.2, -0.15) is 0 Å². The van der Waals surface area contributed by atoms with E-state index < -0.39 is 10.0 Å². The van der Waals surface area contributed by atoms with Crippen LogP contribution in [0.2, 0.25) is 0 Å². The van der Waals surface area contributed by atoms with Gasteiger partial charge in [-0.05, 0) is 54.4 Å². The Balaban J connectivity index is 1.17. The Morgan fingerprint density at radius 1 is 0.756 bits per heavy atom. The summed E-state index contributed by atoms with van der Waals surface area (Å²) in [6.45, 7) is 4.79. The van der Waals surface area contributed by atoms with Crippen molar-refractivity contribution in [3.8, 4) is 5.75 Å². The van der Waals surface area contributed by atoms with E-state index in [4.69, 9.17) is 4.74 Å². The van der Waals surface area contributed by atoms with Gasteiger partial charge in [-0.15, -0.1) is 0 Å². The van der Waals surface area contributed by atoms with Crippen molar-refractivity contribution < 1.29 is 17.9 Å². The standard InChI is InChI=1S/C33H35N3O4S/c1-2-36(41(38,39)31-16-10-5-11-17-31)29-18-20-30(21-19-29)40-26-32(37)34-22-24-35(25-23-34)33(27-12-6-3-7-13-27)28-14-8-4-9-15-28/h3-21,33H,2,22-26H2,1H3. The fraction of sp³-hybridized carbons (Fsp3) is 0.242. The van der Waals surface area contributed by atoms with Crippen molar-refractivity contribution in [2.75, 3.05) is 43.6 Å². The van der Waals surface area contributed by atoms with E-state index in [1.54, 1.807) is 61.5 Å². The molecule has 4 aromatic rings. The molecule has 0 saturated carbocycles. The molecule has 1 amide bonds. The molecule has 1 saturated heterocycles. The molecule has 0 aliphatic carbocycles. The van der Waals surface area contributed by atoms with Crippen LogP contribution in [0.15, 0.2) is 120 Å². The monoisotopic (exact) mass is 569 g/mol. The fourth-order valence-electron chi connectivity index (χ4n) is 5.27. The van der Waals surface area contributed by atoms with Gasteiger partial charge in [0.25, 0.3) is 15.9 Å². The van der Waals surface area contributed by atoms with Crippen LogP contribution in [0.25, 0.3) is 0 Å². The Morgan fingerprint density at radius 3 is 1.78 bits per heavy atom. The summed E-state index contributed by atoms with van der Waals surface area (Å²) in [6, 6.07) is 36.3. The molecule has 8 heteroatoms. The number of carbonyl (C=O) groups is 1. The lowest BCUT2D eigenvalue weighted by Gasteiger charge is -2.39. The number of piperazine rings is 1. The Labute approximate surface area is 242 Å². The second-order valence-electron chi connectivity index (χ2n) is 9.91. The Bertz CT molecular complexity index is 1470. The zero-order valence-electron chi connectivity index (χ0n) is 23.2. The van der Waals surface area contributed by atoms with Gasteiger partial charge in [0, 0.05) is 32.7 Å². The van der Waals surface area contributed by atoms with Gasteiger partial charge in [0.1, 0.15) is 5.75 Å². The predicted octanol–water partition coefficient (Wildman–Crippen LogP) is 5.21. The van der Waals surface area contributed by atoms with Crippen molar-refractivity contribution in [3.63, 3.8) is 0 Å². The number of benzene rings is 4. The lowest BCUT2D eigenvalue weighted by Crippen LogP contribution is -2.51. The van der Waals surface area contributed by atoms with E-state index in [9.17, 15) is 13.2 Å². The second kappa shape index (κ2) is 13.0. The number of hydrogen-bond acceptors (Lipinski definition) is 5. The van der Waals surface area contributed by atoms with Crippen molar-refractivity contribution in [2.24, 2.45) is 0 Å². The summed E-state index contributed by atoms with van der Waals surface area (Å²) in [5, 5.41) is 0. The highest BCUT2D eigenvalue weighted by molar-refractivity contribution is 7.92. The van der Waals surface area contributed by atoms with Crippen molar-refractivity contribution in [2.45, 2.75) is 17.9 Å². The van der Waals surface area contributed by atoms with Crippen LogP contribution in [0.3, 0.4) is 0 Å². The zero-order valence-corrected chi connectivity index (χ0v) is 24.0. The third-order valence-electron chi connectivity index (χ3n) is 7.37. The van der Waals surface area contributed by atoms with E-state index in [0.29, 0.717) is 24.5 Å². The van der Waals surface area contributed by atoms with Gasteiger partial charge in [-0.25, -0.2) is 8.42 Å². The van der Waals surface area contributed by atoms with Crippen LogP contribution in [-0.2, 0) is 14.8 Å². The maximum absolute atomic E-state index is 13.1. The number of nitrogens with zero attached hydrogens (tertiary/aromatic N) is 3. The maximum atomic E-state index is 13.1. The minimum Gasteiger partial charge on any atom is -0.484 e. The van der Waals surface area contributed by atoms with Crippen molar-refractivity contribution in [1.82, 2.24) is 9.80 Å². The van der Waals surface area contributed by atoms with E-state index in [1.807, 2.05) is 17.0 Å². The van der Waals surface area contributed by atoms with Crippen molar-refractivity contribution in [1.29, 1.82) is 0 Å². The summed E-state index contributed by atoms with van der Waals surface area (Å²) in [4.78, 5) is 17.5. The summed E-state index contributed by atoms with van der Waals surface area (Å²) in [5.41, 5.74) is 3.02. The number of ether oxygens (including phenoxy) is 1. The van der Waals surface area contributed by atoms with Gasteiger partial charge in [-0.3, -0.25) is 14.0 Å². The molecular weight excluding hydrogens is 534 g/mol. The first-order chi connectivity index (χ1) is 20.0. The zero-order chi connectivity index (χ0) is 28.7. The van der Waals surface area contributed by atoms with Crippen LogP contribution in [0.1, 0.15) is 24.1 Å². The molecule has 0 aromatic heterocycles. The summed E-state index contributed by atoms with van der Waals surface area (Å²) < 4.78 is 33.4. The third-order valence-corrected chi connectivity index (χ3v) is 9.29. The van der Waals surface area contributed by atoms with E-state index in [0.717, 1.165) is 13.1 Å². The summed E-state index contributed by atoms with van der Waals surface area (Å²) in [6.07, 6.45) is 0. The largest absolute Gasteiger partial charge is 0.484 e. The van der Waals surface area contributed by atoms with Crippen LogP contribution in [-0.4, -0.2) is 63.5 Å². The average molecular weight is 570 g/mol. The first-order valence-corrected chi connectivity index (χ1v) is 15.3. The Hall–Kier alpha value is -4.14. The van der Waals surface area contributed by atoms with Gasteiger partial charge in [0.2, 0.25) is 0 Å². The molecule has 0 unspecified atom stereocenters.